The van der Waals surface area contributed by atoms with E-state index in [1.165, 1.54) is 134 Å². The number of hydrogen-bond acceptors (Lipinski definition) is 6. The number of hydrogen-bond donors (Lipinski definition) is 0. The van der Waals surface area contributed by atoms with Gasteiger partial charge in [0.05, 0.1) is 0 Å². The van der Waals surface area contributed by atoms with Crippen molar-refractivity contribution >= 4 is 17.9 Å². The molecule has 0 unspecified atom stereocenters. The van der Waals surface area contributed by atoms with Crippen LogP contribution in [0.4, 0.5) is 0 Å². The van der Waals surface area contributed by atoms with Gasteiger partial charge >= 0.3 is 17.9 Å². The summed E-state index contributed by atoms with van der Waals surface area (Å²) in [6.07, 6.45) is 38.8. The highest BCUT2D eigenvalue weighted by Gasteiger charge is 2.18. The molecule has 6 heteroatoms. The maximum Gasteiger partial charge on any atom is 0.331 e. The van der Waals surface area contributed by atoms with Crippen molar-refractivity contribution < 1.29 is 28.6 Å². The van der Waals surface area contributed by atoms with E-state index in [1.54, 1.807) is 18.2 Å². The average Bonchev–Trinajstić information content (AvgIpc) is 3.06. The van der Waals surface area contributed by atoms with Crippen molar-refractivity contribution in [3.63, 3.8) is 0 Å². The second-order valence-electron chi connectivity index (χ2n) is 13.3. The lowest BCUT2D eigenvalue weighted by Gasteiger charge is -2.17. The number of unbranched alkanes of at least 4 members (excludes halogenated alkanes) is 24. The van der Waals surface area contributed by atoms with Crippen molar-refractivity contribution in [2.45, 2.75) is 207 Å². The molecule has 0 aromatic rings. The highest BCUT2D eigenvalue weighted by atomic mass is 16.6. The van der Waals surface area contributed by atoms with Crippen molar-refractivity contribution in [1.82, 2.24) is 0 Å². The maximum atomic E-state index is 12.3. The number of carbonyl (C=O) groups excluding carboxylic acids is 3. The molecule has 0 radical (unpaired) electrons. The fourth-order valence-corrected chi connectivity index (χ4v) is 5.66. The zero-order valence-corrected chi connectivity index (χ0v) is 31.0. The monoisotopic (exact) mass is 663 g/mol. The van der Waals surface area contributed by atoms with Crippen LogP contribution in [0, 0.1) is 0 Å². The quantitative estimate of drug-likeness (QED) is 0.0221. The third kappa shape index (κ3) is 35.0. The molecule has 0 amide bonds. The third-order valence-corrected chi connectivity index (χ3v) is 8.65. The van der Waals surface area contributed by atoms with E-state index in [1.807, 2.05) is 6.92 Å². The first kappa shape index (κ1) is 44.9. The predicted octanol–water partition coefficient (Wildman–Crippen LogP) is 12.1. The number of rotatable bonds is 35. The Morgan fingerprint density at radius 1 is 0.468 bits per heavy atom. The molecule has 274 valence electrons. The van der Waals surface area contributed by atoms with Crippen LogP contribution in [0.1, 0.15) is 201 Å². The second kappa shape index (κ2) is 36.7. The van der Waals surface area contributed by atoms with Crippen LogP contribution < -0.4 is 0 Å². The van der Waals surface area contributed by atoms with Crippen molar-refractivity contribution in [2.75, 3.05) is 13.2 Å². The summed E-state index contributed by atoms with van der Waals surface area (Å²) in [5.41, 5.74) is 0. The van der Waals surface area contributed by atoms with Gasteiger partial charge in [0.2, 0.25) is 0 Å². The molecule has 0 aromatic carbocycles. The highest BCUT2D eigenvalue weighted by Crippen LogP contribution is 2.15. The third-order valence-electron chi connectivity index (χ3n) is 8.65. The molecule has 47 heavy (non-hydrogen) atoms. The lowest BCUT2D eigenvalue weighted by molar-refractivity contribution is -0.163. The minimum Gasteiger partial charge on any atom is -0.462 e. The first-order valence-corrected chi connectivity index (χ1v) is 19.8. The smallest absolute Gasteiger partial charge is 0.331 e. The molecule has 0 spiro atoms. The Hall–Kier alpha value is -2.11. The van der Waals surface area contributed by atoms with Gasteiger partial charge in [0.25, 0.3) is 0 Å². The Morgan fingerprint density at radius 2 is 0.787 bits per heavy atom. The van der Waals surface area contributed by atoms with E-state index in [0.717, 1.165) is 38.5 Å². The molecule has 0 atom stereocenters. The van der Waals surface area contributed by atoms with Crippen LogP contribution in [0.15, 0.2) is 24.3 Å². The Morgan fingerprint density at radius 3 is 1.11 bits per heavy atom. The standard InChI is InChI=1S/C41H74O6/c1-4-7-10-12-14-16-18-20-22-24-26-28-31-33-39(42)45-36-38(47-41(44)35-30-9-6-3)37-46-40(43)34-32-29-27-25-23-21-19-17-15-13-11-8-5-2/h6,9,30,35,38H,4-5,7-8,10-29,31-34,36-37H2,1-3H3/b9-6+,35-30+. The minimum atomic E-state index is -0.830. The SMILES string of the molecule is C/C=C/C=C/C(=O)OC(COC(=O)CCCCCCCCCCCCCCC)COC(=O)CCCCCCCCCCCCCCC. The molecule has 0 aliphatic heterocycles. The fraction of sp³-hybridized carbons (Fsp3) is 0.829. The predicted molar refractivity (Wildman–Crippen MR) is 196 cm³/mol. The number of ether oxygens (including phenoxy) is 3. The maximum absolute atomic E-state index is 12.3. The Kier molecular flexibility index (Phi) is 35.1. The summed E-state index contributed by atoms with van der Waals surface area (Å²) in [6, 6.07) is 0. The van der Waals surface area contributed by atoms with Gasteiger partial charge in [-0.3, -0.25) is 9.59 Å². The summed E-state index contributed by atoms with van der Waals surface area (Å²) in [5.74, 6) is -1.18. The number of carbonyl (C=O) groups is 3. The van der Waals surface area contributed by atoms with Crippen LogP contribution in [0.2, 0.25) is 0 Å². The van der Waals surface area contributed by atoms with E-state index in [4.69, 9.17) is 14.2 Å². The molecular formula is C41H74O6. The van der Waals surface area contributed by atoms with E-state index >= 15 is 0 Å². The minimum absolute atomic E-state index is 0.119. The molecule has 0 aliphatic carbocycles. The molecule has 0 rings (SSSR count). The van der Waals surface area contributed by atoms with Gasteiger partial charge in [0.1, 0.15) is 13.2 Å². The van der Waals surface area contributed by atoms with Gasteiger partial charge in [-0.05, 0) is 19.8 Å². The summed E-state index contributed by atoms with van der Waals surface area (Å²) >= 11 is 0. The average molecular weight is 663 g/mol. The van der Waals surface area contributed by atoms with Gasteiger partial charge in [-0.15, -0.1) is 0 Å². The first-order chi connectivity index (χ1) is 23.0. The summed E-state index contributed by atoms with van der Waals surface area (Å²) < 4.78 is 16.2. The Labute approximate surface area is 290 Å². The Balaban J connectivity index is 4.10. The lowest BCUT2D eigenvalue weighted by atomic mass is 10.0. The summed E-state index contributed by atoms with van der Waals surface area (Å²) in [7, 11) is 0. The number of esters is 3. The van der Waals surface area contributed by atoms with Gasteiger partial charge in [-0.2, -0.15) is 0 Å². The molecule has 0 bridgehead atoms. The van der Waals surface area contributed by atoms with E-state index in [0.29, 0.717) is 12.8 Å². The van der Waals surface area contributed by atoms with Crippen molar-refractivity contribution in [3.8, 4) is 0 Å². The first-order valence-electron chi connectivity index (χ1n) is 19.8. The van der Waals surface area contributed by atoms with Crippen LogP contribution in [-0.2, 0) is 28.6 Å². The van der Waals surface area contributed by atoms with Crippen LogP contribution in [0.25, 0.3) is 0 Å². The Bertz CT molecular complexity index is 728. The van der Waals surface area contributed by atoms with Crippen LogP contribution in [0.3, 0.4) is 0 Å². The molecule has 6 nitrogen and oxygen atoms in total. The zero-order chi connectivity index (χ0) is 34.5. The molecule has 0 aliphatic rings. The molecule has 0 saturated carbocycles. The van der Waals surface area contributed by atoms with E-state index in [2.05, 4.69) is 13.8 Å². The van der Waals surface area contributed by atoms with Gasteiger partial charge in [0, 0.05) is 18.9 Å². The van der Waals surface area contributed by atoms with Gasteiger partial charge < -0.3 is 14.2 Å². The molecule has 0 fully saturated rings. The van der Waals surface area contributed by atoms with E-state index in [9.17, 15) is 14.4 Å². The van der Waals surface area contributed by atoms with Crippen molar-refractivity contribution in [2.24, 2.45) is 0 Å². The summed E-state index contributed by atoms with van der Waals surface area (Å²) in [5, 5.41) is 0. The van der Waals surface area contributed by atoms with E-state index < -0.39 is 12.1 Å². The highest BCUT2D eigenvalue weighted by molar-refractivity contribution is 5.82. The summed E-state index contributed by atoms with van der Waals surface area (Å²) in [4.78, 5) is 36.9. The molecule has 0 saturated heterocycles. The number of allylic oxidation sites excluding steroid dienone is 3. The van der Waals surface area contributed by atoms with Crippen LogP contribution in [-0.4, -0.2) is 37.2 Å². The normalized spacial score (nSPS) is 11.6. The topological polar surface area (TPSA) is 78.9 Å². The van der Waals surface area contributed by atoms with Crippen LogP contribution >= 0.6 is 0 Å². The molecule has 0 heterocycles. The second-order valence-corrected chi connectivity index (χ2v) is 13.3. The van der Waals surface area contributed by atoms with Crippen molar-refractivity contribution in [1.29, 1.82) is 0 Å². The van der Waals surface area contributed by atoms with Crippen molar-refractivity contribution in [3.05, 3.63) is 24.3 Å². The zero-order valence-electron chi connectivity index (χ0n) is 31.0. The van der Waals surface area contributed by atoms with E-state index in [-0.39, 0.29) is 25.2 Å². The molecule has 0 aromatic heterocycles. The molecular weight excluding hydrogens is 588 g/mol. The largest absolute Gasteiger partial charge is 0.462 e. The lowest BCUT2D eigenvalue weighted by Crippen LogP contribution is -2.30. The van der Waals surface area contributed by atoms with Gasteiger partial charge in [-0.25, -0.2) is 4.79 Å². The van der Waals surface area contributed by atoms with Crippen LogP contribution in [0.5, 0.6) is 0 Å². The summed E-state index contributed by atoms with van der Waals surface area (Å²) in [6.45, 7) is 6.13. The van der Waals surface area contributed by atoms with Gasteiger partial charge in [0.15, 0.2) is 6.10 Å². The fourth-order valence-electron chi connectivity index (χ4n) is 5.66. The van der Waals surface area contributed by atoms with Gasteiger partial charge in [-0.1, -0.05) is 186 Å². The molecule has 0 N–H and O–H groups in total.